The van der Waals surface area contributed by atoms with Crippen molar-refractivity contribution < 1.29 is 13.6 Å². The molecule has 0 spiro atoms. The van der Waals surface area contributed by atoms with Crippen molar-refractivity contribution in [3.63, 3.8) is 0 Å². The zero-order valence-corrected chi connectivity index (χ0v) is 21.1. The maximum absolute atomic E-state index is 13.0. The second-order valence-electron chi connectivity index (χ2n) is 9.32. The zero-order valence-electron chi connectivity index (χ0n) is 21.1. The predicted octanol–water partition coefficient (Wildman–Crippen LogP) is 3.76. The average Bonchev–Trinajstić information content (AvgIpc) is 3.62. The number of carbonyl (C=O) groups is 1. The third kappa shape index (κ3) is 5.98. The molecule has 4 aromatic heterocycles. The fourth-order valence-corrected chi connectivity index (χ4v) is 3.96. The highest BCUT2D eigenvalue weighted by molar-refractivity contribution is 5.95. The number of nitrogens with one attached hydrogen (secondary N) is 1. The lowest BCUT2D eigenvalue weighted by atomic mass is 9.94. The lowest BCUT2D eigenvalue weighted by molar-refractivity contribution is 0.0950. The van der Waals surface area contributed by atoms with E-state index in [0.29, 0.717) is 47.6 Å². The van der Waals surface area contributed by atoms with Crippen molar-refractivity contribution in [3.05, 3.63) is 113 Å². The summed E-state index contributed by atoms with van der Waals surface area (Å²) >= 11 is 0. The van der Waals surface area contributed by atoms with Gasteiger partial charge in [0.25, 0.3) is 5.91 Å². The number of benzene rings is 1. The molecule has 0 aliphatic carbocycles. The molecular formula is C28H27N7O3. The van der Waals surface area contributed by atoms with Gasteiger partial charge < -0.3 is 19.9 Å². The van der Waals surface area contributed by atoms with Gasteiger partial charge >= 0.3 is 0 Å². The van der Waals surface area contributed by atoms with Gasteiger partial charge in [-0.2, -0.15) is 0 Å². The van der Waals surface area contributed by atoms with Gasteiger partial charge in [0, 0.05) is 24.0 Å². The molecule has 0 saturated carbocycles. The second kappa shape index (κ2) is 10.7. The van der Waals surface area contributed by atoms with Gasteiger partial charge in [-0.25, -0.2) is 9.97 Å². The Labute approximate surface area is 219 Å². The number of rotatable bonds is 9. The SMILES string of the molecule is Cc1ccc(CNC(=O)c2cc(Cc3nnc(C(C)(N)Cc4ccccc4)o3)nc(-c3ncco3)c2)cn1. The van der Waals surface area contributed by atoms with E-state index < -0.39 is 5.54 Å². The van der Waals surface area contributed by atoms with Crippen molar-refractivity contribution in [2.24, 2.45) is 5.73 Å². The van der Waals surface area contributed by atoms with Gasteiger partial charge in [0.2, 0.25) is 17.7 Å². The first kappa shape index (κ1) is 25.0. The number of amides is 1. The Balaban J connectivity index is 1.36. The van der Waals surface area contributed by atoms with E-state index in [-0.39, 0.29) is 12.3 Å². The number of oxazole rings is 1. The molecule has 0 aliphatic rings. The molecular weight excluding hydrogens is 482 g/mol. The summed E-state index contributed by atoms with van der Waals surface area (Å²) in [4.78, 5) is 26.1. The normalized spacial score (nSPS) is 12.7. The van der Waals surface area contributed by atoms with Crippen LogP contribution in [0.2, 0.25) is 0 Å². The molecule has 0 fully saturated rings. The monoisotopic (exact) mass is 509 g/mol. The predicted molar refractivity (Wildman–Crippen MR) is 139 cm³/mol. The van der Waals surface area contributed by atoms with E-state index in [1.54, 1.807) is 18.3 Å². The molecule has 5 rings (SSSR count). The number of aromatic nitrogens is 5. The van der Waals surface area contributed by atoms with Crippen LogP contribution in [0.25, 0.3) is 11.6 Å². The zero-order chi connectivity index (χ0) is 26.5. The maximum atomic E-state index is 13.0. The van der Waals surface area contributed by atoms with Gasteiger partial charge in [-0.05, 0) is 49.6 Å². The van der Waals surface area contributed by atoms with E-state index in [1.807, 2.05) is 56.3 Å². The van der Waals surface area contributed by atoms with E-state index in [0.717, 1.165) is 16.8 Å². The van der Waals surface area contributed by atoms with Crippen molar-refractivity contribution in [2.75, 3.05) is 0 Å². The van der Waals surface area contributed by atoms with Gasteiger partial charge in [0.15, 0.2) is 0 Å². The first-order valence-electron chi connectivity index (χ1n) is 12.1. The fraction of sp³-hybridized carbons (Fsp3) is 0.214. The minimum absolute atomic E-state index is 0.200. The molecule has 0 saturated heterocycles. The first-order chi connectivity index (χ1) is 18.4. The van der Waals surface area contributed by atoms with Crippen LogP contribution in [-0.2, 0) is 24.9 Å². The van der Waals surface area contributed by atoms with Crippen LogP contribution >= 0.6 is 0 Å². The third-order valence-corrected chi connectivity index (χ3v) is 5.92. The number of carbonyl (C=O) groups excluding carboxylic acids is 1. The van der Waals surface area contributed by atoms with Gasteiger partial charge in [-0.15, -0.1) is 10.2 Å². The molecule has 10 nitrogen and oxygen atoms in total. The lowest BCUT2D eigenvalue weighted by Crippen LogP contribution is -2.35. The molecule has 0 bridgehead atoms. The highest BCUT2D eigenvalue weighted by Gasteiger charge is 2.28. The van der Waals surface area contributed by atoms with E-state index in [4.69, 9.17) is 14.6 Å². The molecule has 1 amide bonds. The summed E-state index contributed by atoms with van der Waals surface area (Å²) in [6.45, 7) is 4.10. The van der Waals surface area contributed by atoms with Gasteiger partial charge in [-0.1, -0.05) is 36.4 Å². The van der Waals surface area contributed by atoms with Crippen LogP contribution in [0.15, 0.2) is 82.1 Å². The Morgan fingerprint density at radius 1 is 1.05 bits per heavy atom. The van der Waals surface area contributed by atoms with Crippen LogP contribution < -0.4 is 11.1 Å². The van der Waals surface area contributed by atoms with Crippen molar-refractivity contribution >= 4 is 5.91 Å². The molecule has 1 unspecified atom stereocenters. The number of hydrogen-bond donors (Lipinski definition) is 2. The molecule has 3 N–H and O–H groups in total. The third-order valence-electron chi connectivity index (χ3n) is 5.92. The topological polar surface area (TPSA) is 146 Å². The quantitative estimate of drug-likeness (QED) is 0.303. The molecule has 0 aliphatic heterocycles. The van der Waals surface area contributed by atoms with Crippen LogP contribution in [-0.4, -0.2) is 31.1 Å². The Morgan fingerprint density at radius 3 is 2.63 bits per heavy atom. The summed E-state index contributed by atoms with van der Waals surface area (Å²) in [5.74, 6) is 0.682. The van der Waals surface area contributed by atoms with Crippen LogP contribution in [0, 0.1) is 6.92 Å². The molecule has 1 aromatic carbocycles. The summed E-state index contributed by atoms with van der Waals surface area (Å²) in [5, 5.41) is 11.3. The number of aryl methyl sites for hydroxylation is 1. The smallest absolute Gasteiger partial charge is 0.251 e. The van der Waals surface area contributed by atoms with E-state index in [9.17, 15) is 4.79 Å². The molecule has 0 radical (unpaired) electrons. The Hall–Kier alpha value is -4.70. The van der Waals surface area contributed by atoms with E-state index in [2.05, 4.69) is 30.5 Å². The first-order valence-corrected chi connectivity index (χ1v) is 12.1. The standard InChI is InChI=1S/C28H27N7O3/c1-18-8-9-20(16-31-18)17-32-25(36)21-12-22(33-23(13-21)26-30-10-11-37-26)14-24-34-35-27(38-24)28(2,29)15-19-6-4-3-5-7-19/h3-13,16H,14-15,17,29H2,1-2H3,(H,32,36). The number of nitrogens with zero attached hydrogens (tertiary/aromatic N) is 5. The van der Waals surface area contributed by atoms with E-state index >= 15 is 0 Å². The Kier molecular flexibility index (Phi) is 7.05. The van der Waals surface area contributed by atoms with Gasteiger partial charge in [0.1, 0.15) is 12.0 Å². The van der Waals surface area contributed by atoms with Crippen LogP contribution in [0.1, 0.15) is 51.6 Å². The lowest BCUT2D eigenvalue weighted by Gasteiger charge is -2.20. The van der Waals surface area contributed by atoms with Gasteiger partial charge in [0.05, 0.1) is 23.9 Å². The summed E-state index contributed by atoms with van der Waals surface area (Å²) in [7, 11) is 0. The van der Waals surface area contributed by atoms with Crippen molar-refractivity contribution in [2.45, 2.75) is 38.8 Å². The van der Waals surface area contributed by atoms with Crippen molar-refractivity contribution in [1.82, 2.24) is 30.5 Å². The summed E-state index contributed by atoms with van der Waals surface area (Å²) in [6.07, 6.45) is 5.45. The van der Waals surface area contributed by atoms with Gasteiger partial charge in [-0.3, -0.25) is 9.78 Å². The maximum Gasteiger partial charge on any atom is 0.251 e. The second-order valence-corrected chi connectivity index (χ2v) is 9.32. The highest BCUT2D eigenvalue weighted by Crippen LogP contribution is 2.23. The highest BCUT2D eigenvalue weighted by atomic mass is 16.4. The minimum Gasteiger partial charge on any atom is -0.443 e. The molecule has 1 atom stereocenters. The number of pyridine rings is 2. The largest absolute Gasteiger partial charge is 0.443 e. The summed E-state index contributed by atoms with van der Waals surface area (Å²) in [6, 6.07) is 17.0. The van der Waals surface area contributed by atoms with Crippen LogP contribution in [0.4, 0.5) is 0 Å². The molecule has 4 heterocycles. The average molecular weight is 510 g/mol. The Bertz CT molecular complexity index is 1510. The Morgan fingerprint density at radius 2 is 1.89 bits per heavy atom. The van der Waals surface area contributed by atoms with E-state index in [1.165, 1.54) is 12.5 Å². The van der Waals surface area contributed by atoms with Crippen LogP contribution in [0.3, 0.4) is 0 Å². The molecule has 10 heteroatoms. The summed E-state index contributed by atoms with van der Waals surface area (Å²) in [5.41, 5.74) is 9.90. The molecule has 5 aromatic rings. The number of hydrogen-bond acceptors (Lipinski definition) is 9. The number of nitrogens with two attached hydrogens (primary N) is 1. The molecule has 192 valence electrons. The van der Waals surface area contributed by atoms with Crippen LogP contribution in [0.5, 0.6) is 0 Å². The fourth-order valence-electron chi connectivity index (χ4n) is 3.96. The molecule has 38 heavy (non-hydrogen) atoms. The summed E-state index contributed by atoms with van der Waals surface area (Å²) < 4.78 is 11.4. The van der Waals surface area contributed by atoms with Crippen molar-refractivity contribution in [1.29, 1.82) is 0 Å². The van der Waals surface area contributed by atoms with Crippen molar-refractivity contribution in [3.8, 4) is 11.6 Å². The minimum atomic E-state index is -0.851.